The highest BCUT2D eigenvalue weighted by molar-refractivity contribution is 6.30. The van der Waals surface area contributed by atoms with E-state index in [1.54, 1.807) is 29.2 Å². The van der Waals surface area contributed by atoms with Crippen molar-refractivity contribution in [1.29, 1.82) is 0 Å². The molecule has 0 aromatic heterocycles. The number of nitrogens with zero attached hydrogens (tertiary/aromatic N) is 1. The standard InChI is InChI=1S/C12H13Cl2NO2/c13-9-1-3-11(4-2-9)17-8-12(16)15-6-5-10(14)7-15/h1-4,10H,5-8H2. The summed E-state index contributed by atoms with van der Waals surface area (Å²) < 4.78 is 5.38. The molecule has 1 atom stereocenters. The van der Waals surface area contributed by atoms with Gasteiger partial charge < -0.3 is 9.64 Å². The van der Waals surface area contributed by atoms with Gasteiger partial charge in [-0.3, -0.25) is 4.79 Å². The molecule has 1 fully saturated rings. The Hall–Kier alpha value is -0.930. The van der Waals surface area contributed by atoms with Gasteiger partial charge in [-0.25, -0.2) is 0 Å². The van der Waals surface area contributed by atoms with E-state index in [-0.39, 0.29) is 17.9 Å². The summed E-state index contributed by atoms with van der Waals surface area (Å²) in [5.41, 5.74) is 0. The van der Waals surface area contributed by atoms with Crippen LogP contribution in [-0.2, 0) is 4.79 Å². The summed E-state index contributed by atoms with van der Waals surface area (Å²) in [6.45, 7) is 1.38. The molecule has 0 N–H and O–H groups in total. The van der Waals surface area contributed by atoms with Gasteiger partial charge in [0.25, 0.3) is 5.91 Å². The molecule has 1 aliphatic heterocycles. The molecule has 1 saturated heterocycles. The Balaban J connectivity index is 1.82. The molecule has 3 nitrogen and oxygen atoms in total. The van der Waals surface area contributed by atoms with Crippen LogP contribution in [0.2, 0.25) is 5.02 Å². The van der Waals surface area contributed by atoms with E-state index >= 15 is 0 Å². The smallest absolute Gasteiger partial charge is 0.260 e. The first-order valence-corrected chi connectivity index (χ1v) is 6.27. The fourth-order valence-corrected chi connectivity index (χ4v) is 2.10. The molecule has 1 unspecified atom stereocenters. The van der Waals surface area contributed by atoms with Crippen molar-refractivity contribution in [2.24, 2.45) is 0 Å². The summed E-state index contributed by atoms with van der Waals surface area (Å²) in [5, 5.41) is 0.725. The maximum atomic E-state index is 11.7. The van der Waals surface area contributed by atoms with Gasteiger partial charge >= 0.3 is 0 Å². The van der Waals surface area contributed by atoms with E-state index in [2.05, 4.69) is 0 Å². The van der Waals surface area contributed by atoms with Crippen molar-refractivity contribution in [3.05, 3.63) is 29.3 Å². The zero-order valence-corrected chi connectivity index (χ0v) is 10.7. The van der Waals surface area contributed by atoms with Crippen LogP contribution in [0.3, 0.4) is 0 Å². The fraction of sp³-hybridized carbons (Fsp3) is 0.417. The highest BCUT2D eigenvalue weighted by atomic mass is 35.5. The van der Waals surface area contributed by atoms with Crippen LogP contribution in [0.25, 0.3) is 0 Å². The summed E-state index contributed by atoms with van der Waals surface area (Å²) in [6.07, 6.45) is 0.855. The van der Waals surface area contributed by atoms with Gasteiger partial charge in [-0.2, -0.15) is 0 Å². The van der Waals surface area contributed by atoms with Gasteiger partial charge in [0.2, 0.25) is 0 Å². The molecule has 0 radical (unpaired) electrons. The zero-order valence-electron chi connectivity index (χ0n) is 9.23. The summed E-state index contributed by atoms with van der Waals surface area (Å²) >= 11 is 11.7. The van der Waals surface area contributed by atoms with Crippen molar-refractivity contribution < 1.29 is 9.53 Å². The summed E-state index contributed by atoms with van der Waals surface area (Å²) in [4.78, 5) is 13.5. The largest absolute Gasteiger partial charge is 0.484 e. The molecule has 1 aliphatic rings. The Labute approximate surface area is 110 Å². The fourth-order valence-electron chi connectivity index (χ4n) is 1.71. The van der Waals surface area contributed by atoms with E-state index in [4.69, 9.17) is 27.9 Å². The van der Waals surface area contributed by atoms with Crippen LogP contribution >= 0.6 is 23.2 Å². The minimum absolute atomic E-state index is 0.0249. The molecule has 1 heterocycles. The first-order chi connectivity index (χ1) is 8.15. The first-order valence-electron chi connectivity index (χ1n) is 5.45. The predicted octanol–water partition coefficient (Wildman–Crippen LogP) is 2.56. The van der Waals surface area contributed by atoms with Crippen LogP contribution in [0.1, 0.15) is 6.42 Å². The number of rotatable bonds is 3. The second-order valence-corrected chi connectivity index (χ2v) is 5.02. The van der Waals surface area contributed by atoms with Crippen molar-refractivity contribution in [3.8, 4) is 5.75 Å². The van der Waals surface area contributed by atoms with Gasteiger partial charge in [-0.1, -0.05) is 11.6 Å². The molecule has 0 aliphatic carbocycles. The third kappa shape index (κ3) is 3.51. The molecule has 0 bridgehead atoms. The Morgan fingerprint density at radius 3 is 2.71 bits per heavy atom. The molecule has 5 heteroatoms. The molecular formula is C12H13Cl2NO2. The second kappa shape index (κ2) is 5.61. The molecule has 17 heavy (non-hydrogen) atoms. The normalized spacial score (nSPS) is 19.4. The van der Waals surface area contributed by atoms with Gasteiger partial charge in [-0.15, -0.1) is 11.6 Å². The minimum atomic E-state index is -0.0249. The van der Waals surface area contributed by atoms with Crippen LogP contribution in [0.5, 0.6) is 5.75 Å². The van der Waals surface area contributed by atoms with Crippen LogP contribution in [-0.4, -0.2) is 35.9 Å². The van der Waals surface area contributed by atoms with Gasteiger partial charge in [0, 0.05) is 18.1 Å². The summed E-state index contributed by atoms with van der Waals surface area (Å²) in [5.74, 6) is 0.618. The van der Waals surface area contributed by atoms with Crippen LogP contribution in [0.15, 0.2) is 24.3 Å². The Bertz CT molecular complexity index is 394. The SMILES string of the molecule is O=C(COc1ccc(Cl)cc1)N1CCC(Cl)C1. The number of likely N-dealkylation sites (tertiary alicyclic amines) is 1. The highest BCUT2D eigenvalue weighted by Gasteiger charge is 2.24. The lowest BCUT2D eigenvalue weighted by Crippen LogP contribution is -2.33. The number of carbonyl (C=O) groups is 1. The van der Waals surface area contributed by atoms with E-state index in [0.717, 1.165) is 13.0 Å². The minimum Gasteiger partial charge on any atom is -0.484 e. The molecular weight excluding hydrogens is 261 g/mol. The molecule has 0 saturated carbocycles. The lowest BCUT2D eigenvalue weighted by molar-refractivity contribution is -0.132. The lowest BCUT2D eigenvalue weighted by Gasteiger charge is -2.15. The van der Waals surface area contributed by atoms with Crippen molar-refractivity contribution in [2.45, 2.75) is 11.8 Å². The quantitative estimate of drug-likeness (QED) is 0.793. The number of halogens is 2. The Morgan fingerprint density at radius 1 is 1.41 bits per heavy atom. The van der Waals surface area contributed by atoms with E-state index in [9.17, 15) is 4.79 Å². The van der Waals surface area contributed by atoms with E-state index < -0.39 is 0 Å². The number of carbonyl (C=O) groups excluding carboxylic acids is 1. The molecule has 1 amide bonds. The average Bonchev–Trinajstić information content (AvgIpc) is 2.75. The predicted molar refractivity (Wildman–Crippen MR) is 67.8 cm³/mol. The number of amides is 1. The Morgan fingerprint density at radius 2 is 2.12 bits per heavy atom. The molecule has 1 aromatic carbocycles. The van der Waals surface area contributed by atoms with Crippen molar-refractivity contribution in [1.82, 2.24) is 4.90 Å². The van der Waals surface area contributed by atoms with Crippen molar-refractivity contribution >= 4 is 29.1 Å². The van der Waals surface area contributed by atoms with Crippen LogP contribution in [0.4, 0.5) is 0 Å². The molecule has 92 valence electrons. The van der Waals surface area contributed by atoms with E-state index in [1.165, 1.54) is 0 Å². The maximum Gasteiger partial charge on any atom is 0.260 e. The van der Waals surface area contributed by atoms with Gasteiger partial charge in [0.05, 0.1) is 5.38 Å². The van der Waals surface area contributed by atoms with Crippen molar-refractivity contribution in [3.63, 3.8) is 0 Å². The number of ether oxygens (including phenoxy) is 1. The highest BCUT2D eigenvalue weighted by Crippen LogP contribution is 2.17. The molecule has 0 spiro atoms. The topological polar surface area (TPSA) is 29.5 Å². The van der Waals surface area contributed by atoms with Crippen LogP contribution < -0.4 is 4.74 Å². The third-order valence-corrected chi connectivity index (χ3v) is 3.27. The number of hydrogen-bond acceptors (Lipinski definition) is 2. The second-order valence-electron chi connectivity index (χ2n) is 3.97. The molecule has 1 aromatic rings. The first kappa shape index (κ1) is 12.5. The van der Waals surface area contributed by atoms with Gasteiger partial charge in [0.15, 0.2) is 6.61 Å². The maximum absolute atomic E-state index is 11.7. The number of hydrogen-bond donors (Lipinski definition) is 0. The van der Waals surface area contributed by atoms with Crippen LogP contribution in [0, 0.1) is 0 Å². The van der Waals surface area contributed by atoms with Gasteiger partial charge in [0.1, 0.15) is 5.75 Å². The monoisotopic (exact) mass is 273 g/mol. The van der Waals surface area contributed by atoms with Gasteiger partial charge in [-0.05, 0) is 30.7 Å². The Kier molecular flexibility index (Phi) is 4.13. The average molecular weight is 274 g/mol. The van der Waals surface area contributed by atoms with E-state index in [0.29, 0.717) is 17.3 Å². The number of benzene rings is 1. The van der Waals surface area contributed by atoms with E-state index in [1.807, 2.05) is 0 Å². The molecule has 2 rings (SSSR count). The summed E-state index contributed by atoms with van der Waals surface area (Å²) in [7, 11) is 0. The summed E-state index contributed by atoms with van der Waals surface area (Å²) in [6, 6.07) is 6.94. The zero-order chi connectivity index (χ0) is 12.3. The third-order valence-electron chi connectivity index (χ3n) is 2.66. The number of alkyl halides is 1. The lowest BCUT2D eigenvalue weighted by atomic mass is 10.3. The van der Waals surface area contributed by atoms with Crippen molar-refractivity contribution in [2.75, 3.05) is 19.7 Å².